The van der Waals surface area contributed by atoms with Crippen molar-refractivity contribution in [1.29, 1.82) is 0 Å². The molecule has 5 heteroatoms. The third kappa shape index (κ3) is 1.73. The molecular weight excluding hydrogens is 156 g/mol. The Balaban J connectivity index is 2.77. The minimum absolute atomic E-state index is 0.147. The summed E-state index contributed by atoms with van der Waals surface area (Å²) in [5.41, 5.74) is 5.69. The maximum Gasteiger partial charge on any atom is 0.265 e. The van der Waals surface area contributed by atoms with Gasteiger partial charge in [0.05, 0.1) is 6.04 Å². The van der Waals surface area contributed by atoms with Gasteiger partial charge in [-0.2, -0.15) is 4.98 Å². The van der Waals surface area contributed by atoms with E-state index in [0.29, 0.717) is 11.8 Å². The molecule has 0 saturated carbocycles. The molecule has 12 heavy (non-hydrogen) atoms. The second kappa shape index (κ2) is 3.53. The number of nitrogens with zero attached hydrogens (tertiary/aromatic N) is 3. The van der Waals surface area contributed by atoms with E-state index in [1.165, 1.54) is 0 Å². The van der Waals surface area contributed by atoms with E-state index in [2.05, 4.69) is 10.1 Å². The second-order valence-corrected chi connectivity index (χ2v) is 2.84. The van der Waals surface area contributed by atoms with Gasteiger partial charge in [0.25, 0.3) is 5.95 Å². The van der Waals surface area contributed by atoms with Crippen molar-refractivity contribution in [2.45, 2.75) is 19.4 Å². The van der Waals surface area contributed by atoms with E-state index in [1.807, 2.05) is 21.0 Å². The Morgan fingerprint density at radius 3 is 2.67 bits per heavy atom. The molecule has 0 bridgehead atoms. The smallest absolute Gasteiger partial charge is 0.265 e. The van der Waals surface area contributed by atoms with E-state index in [4.69, 9.17) is 10.3 Å². The van der Waals surface area contributed by atoms with Gasteiger partial charge < -0.3 is 15.2 Å². The molecule has 0 radical (unpaired) electrons. The highest BCUT2D eigenvalue weighted by atomic mass is 16.5. The number of rotatable bonds is 3. The SMILES string of the molecule is CC[C@H](N)c1nc(N(C)C)no1. The average Bonchev–Trinajstić information content (AvgIpc) is 2.51. The summed E-state index contributed by atoms with van der Waals surface area (Å²) in [5.74, 6) is 1.06. The van der Waals surface area contributed by atoms with Gasteiger partial charge in [-0.3, -0.25) is 0 Å². The fraction of sp³-hybridized carbons (Fsp3) is 0.714. The van der Waals surface area contributed by atoms with Crippen LogP contribution in [0, 0.1) is 0 Å². The minimum atomic E-state index is -0.147. The Morgan fingerprint density at radius 2 is 2.25 bits per heavy atom. The predicted molar refractivity (Wildman–Crippen MR) is 45.8 cm³/mol. The standard InChI is InChI=1S/C7H14N4O/c1-4-5(8)6-9-7(10-12-6)11(2)3/h5H,4,8H2,1-3H3/t5-/m0/s1. The molecule has 0 spiro atoms. The summed E-state index contributed by atoms with van der Waals surface area (Å²) in [7, 11) is 3.71. The molecular formula is C7H14N4O. The highest BCUT2D eigenvalue weighted by Crippen LogP contribution is 2.13. The van der Waals surface area contributed by atoms with Crippen molar-refractivity contribution in [2.24, 2.45) is 5.73 Å². The second-order valence-electron chi connectivity index (χ2n) is 2.84. The molecule has 1 rings (SSSR count). The van der Waals surface area contributed by atoms with Crippen LogP contribution in [0.15, 0.2) is 4.52 Å². The van der Waals surface area contributed by atoms with Crippen LogP contribution >= 0.6 is 0 Å². The number of anilines is 1. The summed E-state index contributed by atoms with van der Waals surface area (Å²) in [5, 5.41) is 3.74. The molecule has 1 aromatic rings. The molecule has 0 fully saturated rings. The van der Waals surface area contributed by atoms with Crippen LogP contribution in [0.3, 0.4) is 0 Å². The highest BCUT2D eigenvalue weighted by molar-refractivity contribution is 5.23. The third-order valence-electron chi connectivity index (χ3n) is 1.59. The monoisotopic (exact) mass is 170 g/mol. The first kappa shape index (κ1) is 8.99. The number of hydrogen-bond acceptors (Lipinski definition) is 5. The summed E-state index contributed by atoms with van der Waals surface area (Å²) >= 11 is 0. The van der Waals surface area contributed by atoms with Gasteiger partial charge in [0.2, 0.25) is 5.89 Å². The van der Waals surface area contributed by atoms with Crippen LogP contribution in [0.25, 0.3) is 0 Å². The lowest BCUT2D eigenvalue weighted by Crippen LogP contribution is -2.12. The van der Waals surface area contributed by atoms with E-state index in [1.54, 1.807) is 4.90 Å². The van der Waals surface area contributed by atoms with Crippen molar-refractivity contribution in [3.05, 3.63) is 5.89 Å². The molecule has 5 nitrogen and oxygen atoms in total. The first-order valence-electron chi connectivity index (χ1n) is 3.91. The zero-order chi connectivity index (χ0) is 9.14. The van der Waals surface area contributed by atoms with E-state index in [0.717, 1.165) is 6.42 Å². The summed E-state index contributed by atoms with van der Waals surface area (Å²) in [6, 6.07) is -0.147. The quantitative estimate of drug-likeness (QED) is 0.717. The van der Waals surface area contributed by atoms with Crippen LogP contribution in [0.4, 0.5) is 5.95 Å². The van der Waals surface area contributed by atoms with Crippen molar-refractivity contribution < 1.29 is 4.52 Å². The van der Waals surface area contributed by atoms with Crippen molar-refractivity contribution >= 4 is 5.95 Å². The Hall–Kier alpha value is -1.10. The largest absolute Gasteiger partial charge is 0.344 e. The van der Waals surface area contributed by atoms with E-state index in [-0.39, 0.29) is 6.04 Å². The van der Waals surface area contributed by atoms with Gasteiger partial charge in [0, 0.05) is 14.1 Å². The van der Waals surface area contributed by atoms with Crippen LogP contribution in [-0.4, -0.2) is 24.2 Å². The van der Waals surface area contributed by atoms with Gasteiger partial charge in [-0.15, -0.1) is 0 Å². The fourth-order valence-electron chi connectivity index (χ4n) is 0.734. The molecule has 1 heterocycles. The van der Waals surface area contributed by atoms with Crippen LogP contribution in [0.1, 0.15) is 25.3 Å². The molecule has 2 N–H and O–H groups in total. The molecule has 0 saturated heterocycles. The predicted octanol–water partition coefficient (Wildman–Crippen LogP) is 0.545. The van der Waals surface area contributed by atoms with Gasteiger partial charge in [0.15, 0.2) is 0 Å². The molecule has 0 amide bonds. The van der Waals surface area contributed by atoms with Gasteiger partial charge >= 0.3 is 0 Å². The van der Waals surface area contributed by atoms with Crippen LogP contribution in [-0.2, 0) is 0 Å². The van der Waals surface area contributed by atoms with E-state index >= 15 is 0 Å². The first-order chi connectivity index (χ1) is 5.65. The first-order valence-corrected chi connectivity index (χ1v) is 3.91. The minimum Gasteiger partial charge on any atom is -0.344 e. The van der Waals surface area contributed by atoms with Crippen molar-refractivity contribution in [3.8, 4) is 0 Å². The normalized spacial score (nSPS) is 13.0. The lowest BCUT2D eigenvalue weighted by atomic mass is 10.2. The zero-order valence-corrected chi connectivity index (χ0v) is 7.61. The maximum atomic E-state index is 5.69. The van der Waals surface area contributed by atoms with Gasteiger partial charge in [-0.05, 0) is 11.6 Å². The van der Waals surface area contributed by atoms with Crippen LogP contribution < -0.4 is 10.6 Å². The van der Waals surface area contributed by atoms with Gasteiger partial charge in [0.1, 0.15) is 0 Å². The van der Waals surface area contributed by atoms with Crippen molar-refractivity contribution in [3.63, 3.8) is 0 Å². The third-order valence-corrected chi connectivity index (χ3v) is 1.59. The zero-order valence-electron chi connectivity index (χ0n) is 7.61. The van der Waals surface area contributed by atoms with Gasteiger partial charge in [-0.25, -0.2) is 0 Å². The average molecular weight is 170 g/mol. The van der Waals surface area contributed by atoms with Gasteiger partial charge in [-0.1, -0.05) is 6.92 Å². The molecule has 0 unspecified atom stereocenters. The molecule has 0 aliphatic carbocycles. The van der Waals surface area contributed by atoms with E-state index < -0.39 is 0 Å². The Kier molecular flexibility index (Phi) is 2.65. The Labute approximate surface area is 71.5 Å². The molecule has 0 aliphatic heterocycles. The summed E-state index contributed by atoms with van der Waals surface area (Å²) < 4.78 is 4.95. The molecule has 68 valence electrons. The Bertz CT molecular complexity index is 245. The fourth-order valence-corrected chi connectivity index (χ4v) is 0.734. The molecule has 0 aliphatic rings. The van der Waals surface area contributed by atoms with Crippen LogP contribution in [0.5, 0.6) is 0 Å². The Morgan fingerprint density at radius 1 is 1.58 bits per heavy atom. The summed E-state index contributed by atoms with van der Waals surface area (Å²) in [6.07, 6.45) is 0.801. The number of nitrogens with two attached hydrogens (primary N) is 1. The topological polar surface area (TPSA) is 68.2 Å². The lowest BCUT2D eigenvalue weighted by Gasteiger charge is -2.03. The van der Waals surface area contributed by atoms with Crippen molar-refractivity contribution in [2.75, 3.05) is 19.0 Å². The van der Waals surface area contributed by atoms with Crippen molar-refractivity contribution in [1.82, 2.24) is 10.1 Å². The summed E-state index contributed by atoms with van der Waals surface area (Å²) in [4.78, 5) is 5.88. The van der Waals surface area contributed by atoms with E-state index in [9.17, 15) is 0 Å². The molecule has 1 atom stereocenters. The maximum absolute atomic E-state index is 5.69. The van der Waals surface area contributed by atoms with Crippen LogP contribution in [0.2, 0.25) is 0 Å². The number of hydrogen-bond donors (Lipinski definition) is 1. The summed E-state index contributed by atoms with van der Waals surface area (Å²) in [6.45, 7) is 1.98. The number of aromatic nitrogens is 2. The molecule has 1 aromatic heterocycles. The lowest BCUT2D eigenvalue weighted by molar-refractivity contribution is 0.352. The molecule has 0 aromatic carbocycles. The highest BCUT2D eigenvalue weighted by Gasteiger charge is 2.13.